The summed E-state index contributed by atoms with van der Waals surface area (Å²) in [6, 6.07) is -0.171. The molecular weight excluding hydrogens is 144 g/mol. The third-order valence-corrected chi connectivity index (χ3v) is 0.646. The van der Waals surface area contributed by atoms with Crippen molar-refractivity contribution in [2.24, 2.45) is 0 Å². The second-order valence-corrected chi connectivity index (χ2v) is 1.42. The predicted octanol–water partition coefficient (Wildman–Crippen LogP) is 1.56. The monoisotopic (exact) mass is 151 g/mol. The number of hydrogen-bond acceptors (Lipinski definition) is 3. The molecule has 0 heterocycles. The second kappa shape index (κ2) is 5.69. The quantitative estimate of drug-likeness (QED) is 0.454. The van der Waals surface area contributed by atoms with Crippen LogP contribution >= 0.6 is 11.6 Å². The fourth-order valence-corrected chi connectivity index (χ4v) is 0.331. The molecule has 9 heavy (non-hydrogen) atoms. The first-order chi connectivity index (χ1) is 4.31. The van der Waals surface area contributed by atoms with Gasteiger partial charge in [0.1, 0.15) is 0 Å². The SMILES string of the molecule is [CH2]CCOC(=O)OCCl. The summed E-state index contributed by atoms with van der Waals surface area (Å²) in [6.07, 6.45) is -0.203. The van der Waals surface area contributed by atoms with Crippen LogP contribution in [0.15, 0.2) is 0 Å². The van der Waals surface area contributed by atoms with Gasteiger partial charge in [-0.25, -0.2) is 4.79 Å². The lowest BCUT2D eigenvalue weighted by Gasteiger charge is -1.99. The molecule has 1 radical (unpaired) electrons. The molecule has 0 aliphatic carbocycles. The van der Waals surface area contributed by atoms with Gasteiger partial charge in [0.25, 0.3) is 0 Å². The zero-order valence-corrected chi connectivity index (χ0v) is 5.69. The van der Waals surface area contributed by atoms with Crippen LogP contribution in [-0.2, 0) is 9.47 Å². The standard InChI is InChI=1S/C5H8ClO3/c1-2-3-8-5(7)9-4-6/h1-4H2. The molecule has 3 nitrogen and oxygen atoms in total. The number of carbonyl (C=O) groups excluding carboxylic acids is 1. The van der Waals surface area contributed by atoms with Crippen molar-refractivity contribution in [3.05, 3.63) is 6.92 Å². The van der Waals surface area contributed by atoms with Crippen molar-refractivity contribution in [1.29, 1.82) is 0 Å². The van der Waals surface area contributed by atoms with Crippen molar-refractivity contribution in [2.45, 2.75) is 6.42 Å². The Morgan fingerprint density at radius 2 is 2.22 bits per heavy atom. The molecule has 0 aliphatic heterocycles. The average Bonchev–Trinajstić information content (AvgIpc) is 1.85. The highest BCUT2D eigenvalue weighted by atomic mass is 35.5. The third-order valence-electron chi connectivity index (χ3n) is 0.537. The predicted molar refractivity (Wildman–Crippen MR) is 33.1 cm³/mol. The highest BCUT2D eigenvalue weighted by molar-refractivity contribution is 6.17. The largest absolute Gasteiger partial charge is 0.509 e. The molecule has 0 saturated heterocycles. The van der Waals surface area contributed by atoms with Crippen molar-refractivity contribution in [3.8, 4) is 0 Å². The number of halogens is 1. The molecule has 0 N–H and O–H groups in total. The maximum absolute atomic E-state index is 10.2. The van der Waals surface area contributed by atoms with Gasteiger partial charge < -0.3 is 9.47 Å². The molecule has 4 heteroatoms. The van der Waals surface area contributed by atoms with Gasteiger partial charge in [-0.05, 0) is 13.3 Å². The van der Waals surface area contributed by atoms with E-state index in [1.807, 2.05) is 0 Å². The first-order valence-corrected chi connectivity index (χ1v) is 2.99. The molecular formula is C5H8ClO3. The Morgan fingerprint density at radius 3 is 2.67 bits per heavy atom. The van der Waals surface area contributed by atoms with Crippen LogP contribution in [0.4, 0.5) is 4.79 Å². The normalized spacial score (nSPS) is 8.67. The molecule has 0 rings (SSSR count). The Morgan fingerprint density at radius 1 is 1.56 bits per heavy atom. The lowest BCUT2D eigenvalue weighted by atomic mass is 10.5. The minimum atomic E-state index is -0.742. The Hall–Kier alpha value is -0.440. The van der Waals surface area contributed by atoms with E-state index in [1.165, 1.54) is 0 Å². The lowest BCUT2D eigenvalue weighted by molar-refractivity contribution is 0.0690. The van der Waals surface area contributed by atoms with Crippen molar-refractivity contribution < 1.29 is 14.3 Å². The minimum Gasteiger partial charge on any atom is -0.434 e. The fourth-order valence-electron chi connectivity index (χ4n) is 0.242. The summed E-state index contributed by atoms with van der Waals surface area (Å²) in [6.45, 7) is 3.73. The number of hydrogen-bond donors (Lipinski definition) is 0. The number of rotatable bonds is 3. The first-order valence-electron chi connectivity index (χ1n) is 2.46. The van der Waals surface area contributed by atoms with E-state index in [0.29, 0.717) is 6.42 Å². The van der Waals surface area contributed by atoms with Gasteiger partial charge in [0, 0.05) is 0 Å². The number of alkyl halides is 1. The molecule has 0 bridgehead atoms. The molecule has 0 aromatic heterocycles. The van der Waals surface area contributed by atoms with Gasteiger partial charge in [-0.2, -0.15) is 0 Å². The molecule has 0 spiro atoms. The highest BCUT2D eigenvalue weighted by Gasteiger charge is 1.98. The van der Waals surface area contributed by atoms with E-state index in [9.17, 15) is 4.79 Å². The molecule has 0 aliphatic rings. The lowest BCUT2D eigenvalue weighted by Crippen LogP contribution is -2.06. The summed E-state index contributed by atoms with van der Waals surface area (Å²) in [5, 5.41) is 0. The molecule has 0 atom stereocenters. The number of carbonyl (C=O) groups is 1. The summed E-state index contributed by atoms with van der Waals surface area (Å²) in [4.78, 5) is 10.2. The second-order valence-electron chi connectivity index (χ2n) is 1.21. The smallest absolute Gasteiger partial charge is 0.434 e. The van der Waals surface area contributed by atoms with Gasteiger partial charge in [0.05, 0.1) is 6.61 Å². The molecule has 0 fully saturated rings. The van der Waals surface area contributed by atoms with E-state index in [2.05, 4.69) is 16.4 Å². The maximum Gasteiger partial charge on any atom is 0.509 e. The fraction of sp³-hybridized carbons (Fsp3) is 0.600. The van der Waals surface area contributed by atoms with Crippen LogP contribution in [0.25, 0.3) is 0 Å². The molecule has 0 aromatic rings. The summed E-state index contributed by atoms with van der Waals surface area (Å²) in [7, 11) is 0. The molecule has 0 unspecified atom stereocenters. The Balaban J connectivity index is 3.06. The van der Waals surface area contributed by atoms with E-state index in [0.717, 1.165) is 0 Å². The maximum atomic E-state index is 10.2. The Labute approximate surface area is 58.9 Å². The van der Waals surface area contributed by atoms with Gasteiger partial charge in [0.15, 0.2) is 6.07 Å². The zero-order chi connectivity index (χ0) is 7.11. The molecule has 0 amide bonds. The van der Waals surface area contributed by atoms with Crippen LogP contribution in [0.2, 0.25) is 0 Å². The van der Waals surface area contributed by atoms with Crippen LogP contribution in [0, 0.1) is 6.92 Å². The van der Waals surface area contributed by atoms with E-state index >= 15 is 0 Å². The Bertz CT molecular complexity index is 84.3. The van der Waals surface area contributed by atoms with E-state index in [1.54, 1.807) is 0 Å². The van der Waals surface area contributed by atoms with Crippen LogP contribution in [0.1, 0.15) is 6.42 Å². The summed E-state index contributed by atoms with van der Waals surface area (Å²) < 4.78 is 8.64. The summed E-state index contributed by atoms with van der Waals surface area (Å²) >= 11 is 5.04. The average molecular weight is 152 g/mol. The topological polar surface area (TPSA) is 35.5 Å². The highest BCUT2D eigenvalue weighted by Crippen LogP contribution is 1.88. The van der Waals surface area contributed by atoms with Crippen LogP contribution in [0.5, 0.6) is 0 Å². The van der Waals surface area contributed by atoms with Gasteiger partial charge in [-0.3, -0.25) is 0 Å². The van der Waals surface area contributed by atoms with Gasteiger partial charge in [-0.1, -0.05) is 11.6 Å². The molecule has 53 valence electrons. The summed E-state index contributed by atoms with van der Waals surface area (Å²) in [5.41, 5.74) is 0. The minimum absolute atomic E-state index is 0.171. The van der Waals surface area contributed by atoms with Gasteiger partial charge >= 0.3 is 6.16 Å². The van der Waals surface area contributed by atoms with Crippen LogP contribution in [-0.4, -0.2) is 18.8 Å². The van der Waals surface area contributed by atoms with Crippen LogP contribution < -0.4 is 0 Å². The number of ether oxygens (including phenoxy) is 2. The molecule has 0 saturated carbocycles. The van der Waals surface area contributed by atoms with E-state index < -0.39 is 6.16 Å². The van der Waals surface area contributed by atoms with E-state index in [-0.39, 0.29) is 12.7 Å². The molecule has 0 aromatic carbocycles. The zero-order valence-electron chi connectivity index (χ0n) is 4.93. The van der Waals surface area contributed by atoms with Crippen molar-refractivity contribution >= 4 is 17.8 Å². The Kier molecular flexibility index (Phi) is 5.41. The summed E-state index contributed by atoms with van der Waals surface area (Å²) in [5.74, 6) is 0. The van der Waals surface area contributed by atoms with Crippen molar-refractivity contribution in [1.82, 2.24) is 0 Å². The van der Waals surface area contributed by atoms with E-state index in [4.69, 9.17) is 11.6 Å². The third kappa shape index (κ3) is 5.43. The van der Waals surface area contributed by atoms with Crippen LogP contribution in [0.3, 0.4) is 0 Å². The van der Waals surface area contributed by atoms with Crippen molar-refractivity contribution in [3.63, 3.8) is 0 Å². The van der Waals surface area contributed by atoms with Gasteiger partial charge in [0.2, 0.25) is 0 Å². The first kappa shape index (κ1) is 8.56. The van der Waals surface area contributed by atoms with Crippen molar-refractivity contribution in [2.75, 3.05) is 12.7 Å². The van der Waals surface area contributed by atoms with Gasteiger partial charge in [-0.15, -0.1) is 0 Å².